The van der Waals surface area contributed by atoms with Crippen LogP contribution in [-0.4, -0.2) is 38.0 Å². The van der Waals surface area contributed by atoms with Gasteiger partial charge in [0.05, 0.1) is 0 Å². The monoisotopic (exact) mass is 456 g/mol. The van der Waals surface area contributed by atoms with Crippen LogP contribution in [0.15, 0.2) is 59.6 Å². The standard InChI is InChI=1S/C19H25FN4.HI/c1-21-19(23-14-16-6-4-3-5-7-16)22-12-13-24(2)15-17-8-10-18(20)11-9-17;/h3-11H,12-15H2,1-2H3,(H2,21,22,23);1H. The number of guanidine groups is 1. The molecule has 0 atom stereocenters. The normalized spacial score (nSPS) is 11.1. The summed E-state index contributed by atoms with van der Waals surface area (Å²) in [4.78, 5) is 6.41. The third-order valence-electron chi connectivity index (χ3n) is 3.68. The summed E-state index contributed by atoms with van der Waals surface area (Å²) in [5.41, 5.74) is 2.32. The molecule has 0 bridgehead atoms. The molecule has 2 aromatic rings. The highest BCUT2D eigenvalue weighted by molar-refractivity contribution is 14.0. The number of hydrogen-bond acceptors (Lipinski definition) is 2. The summed E-state index contributed by atoms with van der Waals surface area (Å²) >= 11 is 0. The van der Waals surface area contributed by atoms with Crippen molar-refractivity contribution in [1.82, 2.24) is 15.5 Å². The van der Waals surface area contributed by atoms with E-state index in [1.807, 2.05) is 37.4 Å². The quantitative estimate of drug-likeness (QED) is 0.382. The van der Waals surface area contributed by atoms with Crippen molar-refractivity contribution in [1.29, 1.82) is 0 Å². The lowest BCUT2D eigenvalue weighted by molar-refractivity contribution is 0.331. The van der Waals surface area contributed by atoms with Gasteiger partial charge in [-0.1, -0.05) is 42.5 Å². The second-order valence-corrected chi connectivity index (χ2v) is 5.70. The van der Waals surface area contributed by atoms with E-state index in [2.05, 4.69) is 32.7 Å². The van der Waals surface area contributed by atoms with Crippen molar-refractivity contribution in [3.63, 3.8) is 0 Å². The molecule has 2 rings (SSSR count). The van der Waals surface area contributed by atoms with Crippen LogP contribution in [0.1, 0.15) is 11.1 Å². The fourth-order valence-electron chi connectivity index (χ4n) is 2.35. The Labute approximate surface area is 166 Å². The first-order valence-corrected chi connectivity index (χ1v) is 8.09. The van der Waals surface area contributed by atoms with Crippen LogP contribution in [-0.2, 0) is 13.1 Å². The lowest BCUT2D eigenvalue weighted by atomic mass is 10.2. The van der Waals surface area contributed by atoms with Crippen LogP contribution in [0, 0.1) is 5.82 Å². The van der Waals surface area contributed by atoms with Crippen molar-refractivity contribution in [2.45, 2.75) is 13.1 Å². The Hall–Kier alpha value is -1.67. The van der Waals surface area contributed by atoms with Gasteiger partial charge in [-0.15, -0.1) is 24.0 Å². The first kappa shape index (κ1) is 21.4. The van der Waals surface area contributed by atoms with Crippen molar-refractivity contribution in [3.05, 3.63) is 71.5 Å². The van der Waals surface area contributed by atoms with E-state index in [4.69, 9.17) is 0 Å². The molecule has 25 heavy (non-hydrogen) atoms. The van der Waals surface area contributed by atoms with Gasteiger partial charge in [-0.25, -0.2) is 4.39 Å². The van der Waals surface area contributed by atoms with E-state index in [1.54, 1.807) is 7.05 Å². The van der Waals surface area contributed by atoms with E-state index in [9.17, 15) is 4.39 Å². The number of nitrogens with zero attached hydrogens (tertiary/aromatic N) is 2. The molecule has 0 heterocycles. The molecule has 136 valence electrons. The maximum Gasteiger partial charge on any atom is 0.191 e. The number of hydrogen-bond donors (Lipinski definition) is 2. The van der Waals surface area contributed by atoms with Crippen LogP contribution < -0.4 is 10.6 Å². The topological polar surface area (TPSA) is 39.7 Å². The Morgan fingerprint density at radius 3 is 2.32 bits per heavy atom. The highest BCUT2D eigenvalue weighted by atomic mass is 127. The van der Waals surface area contributed by atoms with Crippen molar-refractivity contribution >= 4 is 29.9 Å². The van der Waals surface area contributed by atoms with E-state index < -0.39 is 0 Å². The minimum Gasteiger partial charge on any atom is -0.355 e. The number of benzene rings is 2. The van der Waals surface area contributed by atoms with Gasteiger partial charge in [0.1, 0.15) is 5.82 Å². The Balaban J connectivity index is 0.00000312. The minimum absolute atomic E-state index is 0. The van der Waals surface area contributed by atoms with Gasteiger partial charge in [0, 0.05) is 33.2 Å². The third kappa shape index (κ3) is 8.31. The van der Waals surface area contributed by atoms with Gasteiger partial charge < -0.3 is 15.5 Å². The summed E-state index contributed by atoms with van der Waals surface area (Å²) in [5.74, 6) is 0.588. The van der Waals surface area contributed by atoms with Crippen LogP contribution in [0.5, 0.6) is 0 Å². The molecule has 0 unspecified atom stereocenters. The average Bonchev–Trinajstić information content (AvgIpc) is 2.61. The molecule has 0 aromatic heterocycles. The molecular formula is C19H26FIN4. The molecule has 0 saturated carbocycles. The Kier molecular flexibility index (Phi) is 10.1. The molecule has 2 aromatic carbocycles. The van der Waals surface area contributed by atoms with Gasteiger partial charge in [-0.05, 0) is 30.3 Å². The smallest absolute Gasteiger partial charge is 0.191 e. The van der Waals surface area contributed by atoms with Crippen LogP contribution >= 0.6 is 24.0 Å². The highest BCUT2D eigenvalue weighted by Crippen LogP contribution is 2.05. The van der Waals surface area contributed by atoms with Gasteiger partial charge >= 0.3 is 0 Å². The van der Waals surface area contributed by atoms with Crippen LogP contribution in [0.2, 0.25) is 0 Å². The number of halogens is 2. The minimum atomic E-state index is -0.198. The largest absolute Gasteiger partial charge is 0.355 e. The van der Waals surface area contributed by atoms with Gasteiger partial charge in [-0.3, -0.25) is 4.99 Å². The molecule has 0 amide bonds. The van der Waals surface area contributed by atoms with Crippen molar-refractivity contribution < 1.29 is 4.39 Å². The highest BCUT2D eigenvalue weighted by Gasteiger charge is 2.02. The van der Waals surface area contributed by atoms with Crippen molar-refractivity contribution in [3.8, 4) is 0 Å². The molecule has 6 heteroatoms. The van der Waals surface area contributed by atoms with Crippen LogP contribution in [0.3, 0.4) is 0 Å². The molecule has 0 aliphatic heterocycles. The van der Waals surface area contributed by atoms with E-state index in [-0.39, 0.29) is 29.8 Å². The lowest BCUT2D eigenvalue weighted by Gasteiger charge is -2.18. The van der Waals surface area contributed by atoms with Gasteiger partial charge in [-0.2, -0.15) is 0 Å². The predicted octanol–water partition coefficient (Wildman–Crippen LogP) is 3.24. The van der Waals surface area contributed by atoms with E-state index in [0.29, 0.717) is 0 Å². The Morgan fingerprint density at radius 1 is 1.00 bits per heavy atom. The summed E-state index contributed by atoms with van der Waals surface area (Å²) < 4.78 is 12.9. The van der Waals surface area contributed by atoms with Gasteiger partial charge in [0.2, 0.25) is 0 Å². The summed E-state index contributed by atoms with van der Waals surface area (Å²) in [6, 6.07) is 16.9. The summed E-state index contributed by atoms with van der Waals surface area (Å²) in [6.07, 6.45) is 0. The molecular weight excluding hydrogens is 430 g/mol. The molecule has 0 fully saturated rings. The SMILES string of the molecule is CN=C(NCCN(C)Cc1ccc(F)cc1)NCc1ccccc1.I. The maximum atomic E-state index is 12.9. The second-order valence-electron chi connectivity index (χ2n) is 5.70. The van der Waals surface area contributed by atoms with Crippen LogP contribution in [0.4, 0.5) is 4.39 Å². The zero-order valence-electron chi connectivity index (χ0n) is 14.7. The zero-order valence-corrected chi connectivity index (χ0v) is 17.0. The van der Waals surface area contributed by atoms with E-state index in [1.165, 1.54) is 17.7 Å². The number of nitrogens with one attached hydrogen (secondary N) is 2. The molecule has 2 N–H and O–H groups in total. The second kappa shape index (κ2) is 11.8. The first-order chi connectivity index (χ1) is 11.7. The summed E-state index contributed by atoms with van der Waals surface area (Å²) in [7, 11) is 3.81. The van der Waals surface area contributed by atoms with E-state index in [0.717, 1.165) is 37.7 Å². The third-order valence-corrected chi connectivity index (χ3v) is 3.68. The Bertz CT molecular complexity index is 632. The zero-order chi connectivity index (χ0) is 17.2. The lowest BCUT2D eigenvalue weighted by Crippen LogP contribution is -2.40. The molecule has 0 aliphatic rings. The average molecular weight is 456 g/mol. The Morgan fingerprint density at radius 2 is 1.68 bits per heavy atom. The van der Waals surface area contributed by atoms with Crippen molar-refractivity contribution in [2.75, 3.05) is 27.2 Å². The van der Waals surface area contributed by atoms with Crippen molar-refractivity contribution in [2.24, 2.45) is 4.99 Å². The number of aliphatic imine (C=N–C) groups is 1. The van der Waals surface area contributed by atoms with Gasteiger partial charge in [0.25, 0.3) is 0 Å². The molecule has 0 spiro atoms. The maximum absolute atomic E-state index is 12.9. The van der Waals surface area contributed by atoms with Gasteiger partial charge in [0.15, 0.2) is 5.96 Å². The fraction of sp³-hybridized carbons (Fsp3) is 0.316. The molecule has 0 radical (unpaired) electrons. The summed E-state index contributed by atoms with van der Waals surface area (Å²) in [6.45, 7) is 3.18. The summed E-state index contributed by atoms with van der Waals surface area (Å²) in [5, 5.41) is 6.60. The molecule has 0 saturated heterocycles. The van der Waals surface area contributed by atoms with Crippen LogP contribution in [0.25, 0.3) is 0 Å². The molecule has 0 aliphatic carbocycles. The first-order valence-electron chi connectivity index (χ1n) is 8.09. The fourth-order valence-corrected chi connectivity index (χ4v) is 2.35. The number of likely N-dealkylation sites (N-methyl/N-ethyl adjacent to an activating group) is 1. The molecule has 4 nitrogen and oxygen atoms in total. The van der Waals surface area contributed by atoms with E-state index >= 15 is 0 Å². The number of rotatable bonds is 7. The predicted molar refractivity (Wildman–Crippen MR) is 113 cm³/mol.